The third-order valence-corrected chi connectivity index (χ3v) is 5.16. The van der Waals surface area contributed by atoms with Crippen LogP contribution in [0.4, 0.5) is 8.78 Å². The quantitative estimate of drug-likeness (QED) is 0.513. The van der Waals surface area contributed by atoms with Crippen molar-refractivity contribution >= 4 is 0 Å². The zero-order chi connectivity index (χ0) is 22.0. The van der Waals surface area contributed by atoms with Gasteiger partial charge in [0.25, 0.3) is 0 Å². The zero-order valence-electron chi connectivity index (χ0n) is 16.4. The van der Waals surface area contributed by atoms with Gasteiger partial charge in [-0.1, -0.05) is 6.07 Å². The number of aromatic nitrogens is 6. The highest BCUT2D eigenvalue weighted by Crippen LogP contribution is 2.37. The monoisotopic (exact) mass is 421 g/mol. The van der Waals surface area contributed by atoms with Crippen molar-refractivity contribution in [3.05, 3.63) is 84.5 Å². The number of rotatable bonds is 6. The van der Waals surface area contributed by atoms with E-state index < -0.39 is 23.3 Å². The van der Waals surface area contributed by atoms with Crippen LogP contribution in [0.25, 0.3) is 11.1 Å². The van der Waals surface area contributed by atoms with Gasteiger partial charge < -0.3 is 5.11 Å². The van der Waals surface area contributed by atoms with E-state index in [1.807, 2.05) is 6.07 Å². The Balaban J connectivity index is 1.75. The van der Waals surface area contributed by atoms with Gasteiger partial charge in [-0.05, 0) is 19.1 Å². The summed E-state index contributed by atoms with van der Waals surface area (Å²) < 4.78 is 31.0. The number of pyridine rings is 1. The van der Waals surface area contributed by atoms with E-state index in [4.69, 9.17) is 5.26 Å². The summed E-state index contributed by atoms with van der Waals surface area (Å²) in [4.78, 5) is 7.90. The van der Waals surface area contributed by atoms with Crippen molar-refractivity contribution in [1.29, 1.82) is 5.26 Å². The predicted molar refractivity (Wildman–Crippen MR) is 105 cm³/mol. The Labute approximate surface area is 176 Å². The third kappa shape index (κ3) is 3.91. The maximum Gasteiger partial charge on any atom is 0.137 e. The summed E-state index contributed by atoms with van der Waals surface area (Å²) in [6.07, 6.45) is 8.96. The van der Waals surface area contributed by atoms with E-state index in [0.717, 1.165) is 12.1 Å². The Morgan fingerprint density at radius 3 is 2.68 bits per heavy atom. The average Bonchev–Trinajstić information content (AvgIpc) is 3.45. The third-order valence-electron chi connectivity index (χ3n) is 5.16. The molecule has 31 heavy (non-hydrogen) atoms. The van der Waals surface area contributed by atoms with Crippen molar-refractivity contribution in [3.63, 3.8) is 0 Å². The van der Waals surface area contributed by atoms with Crippen LogP contribution in [-0.2, 0) is 12.1 Å². The Bertz CT molecular complexity index is 1250. The van der Waals surface area contributed by atoms with Crippen LogP contribution in [-0.4, -0.2) is 34.6 Å². The van der Waals surface area contributed by atoms with Crippen molar-refractivity contribution in [2.75, 3.05) is 0 Å². The molecule has 3 heterocycles. The highest BCUT2D eigenvalue weighted by molar-refractivity contribution is 5.62. The minimum absolute atomic E-state index is 0.0953. The average molecular weight is 421 g/mol. The van der Waals surface area contributed by atoms with Gasteiger partial charge >= 0.3 is 0 Å². The molecule has 3 aromatic heterocycles. The molecule has 2 unspecified atom stereocenters. The Hall–Kier alpha value is -3.97. The summed E-state index contributed by atoms with van der Waals surface area (Å²) in [5.74, 6) is -1.63. The lowest BCUT2D eigenvalue weighted by Crippen LogP contribution is -2.40. The lowest BCUT2D eigenvalue weighted by molar-refractivity contribution is -0.0368. The number of aliphatic hydroxyl groups is 1. The molecular formula is C21H17F2N7O. The van der Waals surface area contributed by atoms with E-state index in [9.17, 15) is 13.9 Å². The smallest absolute Gasteiger partial charge is 0.137 e. The van der Waals surface area contributed by atoms with Crippen molar-refractivity contribution in [1.82, 2.24) is 29.5 Å². The van der Waals surface area contributed by atoms with E-state index in [1.165, 1.54) is 34.3 Å². The Kier molecular flexibility index (Phi) is 5.27. The maximum absolute atomic E-state index is 14.7. The van der Waals surface area contributed by atoms with Gasteiger partial charge in [0, 0.05) is 41.3 Å². The van der Waals surface area contributed by atoms with Gasteiger partial charge in [-0.2, -0.15) is 15.5 Å². The van der Waals surface area contributed by atoms with Gasteiger partial charge in [0.05, 0.1) is 24.3 Å². The second-order valence-corrected chi connectivity index (χ2v) is 7.10. The molecule has 0 saturated heterocycles. The van der Waals surface area contributed by atoms with Crippen molar-refractivity contribution in [2.24, 2.45) is 0 Å². The SMILES string of the molecule is CC(n1cc(-c2cncc(C#N)c2)cn1)C(O)(Cn1cncn1)c1ccc(F)cc1F. The first-order valence-electron chi connectivity index (χ1n) is 9.30. The number of halogens is 2. The molecule has 0 aliphatic carbocycles. The van der Waals surface area contributed by atoms with Crippen LogP contribution in [0.3, 0.4) is 0 Å². The van der Waals surface area contributed by atoms with E-state index in [1.54, 1.807) is 31.6 Å². The summed E-state index contributed by atoms with van der Waals surface area (Å²) in [5, 5.41) is 29.0. The summed E-state index contributed by atoms with van der Waals surface area (Å²) >= 11 is 0. The number of nitrogens with zero attached hydrogens (tertiary/aromatic N) is 7. The molecule has 0 saturated carbocycles. The standard InChI is InChI=1S/C21H17F2N7O/c1-14(30-10-17(9-27-30)16-4-15(6-24)7-25-8-16)21(31,11-29-13-26-12-28-29)19-3-2-18(22)5-20(19)23/h2-5,7-10,12-14,31H,11H2,1H3. The second kappa shape index (κ2) is 8.04. The van der Waals surface area contributed by atoms with E-state index in [-0.39, 0.29) is 12.1 Å². The van der Waals surface area contributed by atoms with E-state index >= 15 is 0 Å². The van der Waals surface area contributed by atoms with E-state index in [2.05, 4.69) is 20.2 Å². The predicted octanol–water partition coefficient (Wildman–Crippen LogP) is 2.84. The molecule has 4 aromatic rings. The highest BCUT2D eigenvalue weighted by atomic mass is 19.1. The molecule has 8 nitrogen and oxygen atoms in total. The van der Waals surface area contributed by atoms with Crippen LogP contribution < -0.4 is 0 Å². The molecule has 0 bridgehead atoms. The minimum Gasteiger partial charge on any atom is -0.381 e. The van der Waals surface area contributed by atoms with Crippen LogP contribution >= 0.6 is 0 Å². The second-order valence-electron chi connectivity index (χ2n) is 7.10. The van der Waals surface area contributed by atoms with Gasteiger partial charge in [-0.25, -0.2) is 18.4 Å². The molecular weight excluding hydrogens is 404 g/mol. The summed E-state index contributed by atoms with van der Waals surface area (Å²) in [5.41, 5.74) is -0.192. The first-order chi connectivity index (χ1) is 14.9. The summed E-state index contributed by atoms with van der Waals surface area (Å²) in [6, 6.07) is 5.94. The normalized spacial score (nSPS) is 14.0. The van der Waals surface area contributed by atoms with Crippen molar-refractivity contribution in [3.8, 4) is 17.2 Å². The molecule has 4 rings (SSSR count). The Morgan fingerprint density at radius 1 is 1.13 bits per heavy atom. The van der Waals surface area contributed by atoms with Crippen molar-refractivity contribution < 1.29 is 13.9 Å². The number of benzene rings is 1. The van der Waals surface area contributed by atoms with Gasteiger partial charge in [0.2, 0.25) is 0 Å². The van der Waals surface area contributed by atoms with Crippen LogP contribution in [0.15, 0.2) is 61.7 Å². The minimum atomic E-state index is -1.83. The molecule has 0 radical (unpaired) electrons. The van der Waals surface area contributed by atoms with Gasteiger partial charge in [-0.15, -0.1) is 0 Å². The molecule has 1 N–H and O–H groups in total. The molecule has 0 aliphatic heterocycles. The first-order valence-corrected chi connectivity index (χ1v) is 9.30. The highest BCUT2D eigenvalue weighted by Gasteiger charge is 2.40. The van der Waals surface area contributed by atoms with Crippen LogP contribution in [0.5, 0.6) is 0 Å². The summed E-state index contributed by atoms with van der Waals surface area (Å²) in [6.45, 7) is 1.53. The summed E-state index contributed by atoms with van der Waals surface area (Å²) in [7, 11) is 0. The molecule has 0 spiro atoms. The lowest BCUT2D eigenvalue weighted by Gasteiger charge is -2.34. The number of nitriles is 1. The first kappa shape index (κ1) is 20.3. The van der Waals surface area contributed by atoms with Gasteiger partial charge in [0.1, 0.15) is 36.0 Å². The van der Waals surface area contributed by atoms with Crippen molar-refractivity contribution in [2.45, 2.75) is 25.1 Å². The zero-order valence-corrected chi connectivity index (χ0v) is 16.4. The number of hydrogen-bond donors (Lipinski definition) is 1. The fraction of sp³-hybridized carbons (Fsp3) is 0.190. The van der Waals surface area contributed by atoms with Crippen LogP contribution in [0.1, 0.15) is 24.1 Å². The molecule has 156 valence electrons. The van der Waals surface area contributed by atoms with Crippen LogP contribution in [0.2, 0.25) is 0 Å². The topological polar surface area (TPSA) is 105 Å². The molecule has 2 atom stereocenters. The molecule has 10 heteroatoms. The fourth-order valence-corrected chi connectivity index (χ4v) is 3.42. The largest absolute Gasteiger partial charge is 0.381 e. The maximum atomic E-state index is 14.7. The lowest BCUT2D eigenvalue weighted by atomic mass is 9.86. The molecule has 0 fully saturated rings. The van der Waals surface area contributed by atoms with Gasteiger partial charge in [-0.3, -0.25) is 9.67 Å². The molecule has 0 aliphatic rings. The van der Waals surface area contributed by atoms with Gasteiger partial charge in [0.15, 0.2) is 0 Å². The van der Waals surface area contributed by atoms with E-state index in [0.29, 0.717) is 16.7 Å². The molecule has 1 aromatic carbocycles. The van der Waals surface area contributed by atoms with Crippen LogP contribution in [0, 0.1) is 23.0 Å². The molecule has 0 amide bonds. The fourth-order valence-electron chi connectivity index (χ4n) is 3.42. The number of hydrogen-bond acceptors (Lipinski definition) is 6. The Morgan fingerprint density at radius 2 is 1.97 bits per heavy atom.